The summed E-state index contributed by atoms with van der Waals surface area (Å²) in [6, 6.07) is 0. The van der Waals surface area contributed by atoms with Gasteiger partial charge in [0.25, 0.3) is 0 Å². The summed E-state index contributed by atoms with van der Waals surface area (Å²) in [5, 5.41) is 0. The van der Waals surface area contributed by atoms with Gasteiger partial charge >= 0.3 is 17.9 Å². The Kier molecular flexibility index (Phi) is 52.0. The molecule has 0 bridgehead atoms. The predicted octanol–water partition coefficient (Wildman–Crippen LogP) is 18.5. The minimum absolute atomic E-state index is 0.116. The van der Waals surface area contributed by atoms with Crippen LogP contribution in [0.4, 0.5) is 0 Å². The summed E-state index contributed by atoms with van der Waals surface area (Å²) in [4.78, 5) is 38.1. The van der Waals surface area contributed by atoms with Crippen molar-refractivity contribution < 1.29 is 28.6 Å². The van der Waals surface area contributed by atoms with E-state index in [9.17, 15) is 14.4 Å². The zero-order valence-corrected chi connectivity index (χ0v) is 43.8. The van der Waals surface area contributed by atoms with Crippen LogP contribution in [-0.4, -0.2) is 37.2 Å². The Bertz CT molecular complexity index is 1450. The summed E-state index contributed by atoms with van der Waals surface area (Å²) in [7, 11) is 0. The van der Waals surface area contributed by atoms with E-state index in [0.29, 0.717) is 19.3 Å². The molecule has 1 atom stereocenters. The van der Waals surface area contributed by atoms with Crippen molar-refractivity contribution in [2.45, 2.75) is 239 Å². The van der Waals surface area contributed by atoms with Gasteiger partial charge in [-0.3, -0.25) is 14.4 Å². The summed E-state index contributed by atoms with van der Waals surface area (Å²) in [5.41, 5.74) is 0. The number of ether oxygens (including phenoxy) is 3. The van der Waals surface area contributed by atoms with Gasteiger partial charge in [0.15, 0.2) is 6.10 Å². The lowest BCUT2D eigenvalue weighted by molar-refractivity contribution is -0.167. The van der Waals surface area contributed by atoms with Gasteiger partial charge in [0.05, 0.1) is 0 Å². The normalized spacial score (nSPS) is 13.0. The second-order valence-corrected chi connectivity index (χ2v) is 17.7. The molecule has 0 aromatic carbocycles. The van der Waals surface area contributed by atoms with Gasteiger partial charge in [-0.2, -0.15) is 0 Å². The molecule has 6 heteroatoms. The molecule has 6 nitrogen and oxygen atoms in total. The van der Waals surface area contributed by atoms with E-state index in [1.165, 1.54) is 57.8 Å². The zero-order chi connectivity index (χ0) is 49.3. The fraction of sp³-hybridized carbons (Fsp3) is 0.629. The monoisotopic (exact) mass is 941 g/mol. The maximum absolute atomic E-state index is 12.8. The lowest BCUT2D eigenvalue weighted by atomic mass is 10.1. The molecule has 0 rings (SSSR count). The van der Waals surface area contributed by atoms with Gasteiger partial charge < -0.3 is 14.2 Å². The summed E-state index contributed by atoms with van der Waals surface area (Å²) in [6.45, 7) is 6.33. The highest BCUT2D eigenvalue weighted by atomic mass is 16.6. The highest BCUT2D eigenvalue weighted by Crippen LogP contribution is 2.13. The van der Waals surface area contributed by atoms with E-state index in [4.69, 9.17) is 14.2 Å². The molecule has 1 unspecified atom stereocenters. The summed E-state index contributed by atoms with van der Waals surface area (Å²) >= 11 is 0. The highest BCUT2D eigenvalue weighted by Gasteiger charge is 2.19. The quantitative estimate of drug-likeness (QED) is 0.0262. The van der Waals surface area contributed by atoms with Gasteiger partial charge in [-0.1, -0.05) is 213 Å². The third kappa shape index (κ3) is 52.8. The number of carbonyl (C=O) groups is 3. The van der Waals surface area contributed by atoms with Crippen molar-refractivity contribution in [2.24, 2.45) is 0 Å². The first-order valence-corrected chi connectivity index (χ1v) is 27.5. The van der Waals surface area contributed by atoms with Crippen LogP contribution in [-0.2, 0) is 28.6 Å². The Hall–Kier alpha value is -4.19. The van der Waals surface area contributed by atoms with Gasteiger partial charge in [0.2, 0.25) is 0 Å². The second kappa shape index (κ2) is 55.4. The molecular formula is C62H100O6. The molecule has 0 aromatic rings. The number of unbranched alkanes of at least 4 members (excludes halogenated alkanes) is 17. The Morgan fingerprint density at radius 1 is 0.309 bits per heavy atom. The van der Waals surface area contributed by atoms with E-state index >= 15 is 0 Å². The van der Waals surface area contributed by atoms with Crippen LogP contribution in [0.2, 0.25) is 0 Å². The molecule has 0 fully saturated rings. The van der Waals surface area contributed by atoms with Gasteiger partial charge in [-0.15, -0.1) is 0 Å². The Balaban J connectivity index is 4.53. The molecule has 0 aliphatic rings. The van der Waals surface area contributed by atoms with Crippen molar-refractivity contribution in [1.82, 2.24) is 0 Å². The molecule has 0 heterocycles. The van der Waals surface area contributed by atoms with Gasteiger partial charge in [-0.05, 0) is 122 Å². The largest absolute Gasteiger partial charge is 0.462 e. The second-order valence-electron chi connectivity index (χ2n) is 17.7. The van der Waals surface area contributed by atoms with Crippen molar-refractivity contribution in [1.29, 1.82) is 0 Å². The van der Waals surface area contributed by atoms with Crippen LogP contribution >= 0.6 is 0 Å². The van der Waals surface area contributed by atoms with Crippen LogP contribution in [0, 0.1) is 0 Å². The standard InChI is InChI=1S/C62H100O6/c1-4-7-10-13-16-19-22-25-28-30-31-33-34-37-40-43-46-49-52-55-61(64)67-58-59(57-66-60(63)54-51-48-45-42-39-36-27-24-21-18-15-12-9-6-3)68-62(65)56-53-50-47-44-41-38-35-32-29-26-23-20-17-14-11-8-5-2/h7-8,10-11,16-17,19-20,25-26,28-29,31,33,35-36,38-39,44,47,59H,4-6,9,12-15,18,21-24,27,30,32,34,37,40-43,45-46,48-58H2,1-3H3/b10-7-,11-8-,19-16-,20-17-,28-25-,29-26-,33-31-,38-35-,39-36-,47-44-. The molecule has 384 valence electrons. The molecule has 0 radical (unpaired) electrons. The van der Waals surface area contributed by atoms with Crippen molar-refractivity contribution in [3.8, 4) is 0 Å². The van der Waals surface area contributed by atoms with Crippen LogP contribution < -0.4 is 0 Å². The van der Waals surface area contributed by atoms with Crippen molar-refractivity contribution in [2.75, 3.05) is 13.2 Å². The summed E-state index contributed by atoms with van der Waals surface area (Å²) in [6.07, 6.45) is 76.2. The first-order valence-electron chi connectivity index (χ1n) is 27.5. The number of hydrogen-bond acceptors (Lipinski definition) is 6. The lowest BCUT2D eigenvalue weighted by Crippen LogP contribution is -2.30. The maximum atomic E-state index is 12.8. The minimum atomic E-state index is -0.823. The molecule has 0 amide bonds. The van der Waals surface area contributed by atoms with Crippen molar-refractivity contribution in [3.05, 3.63) is 122 Å². The van der Waals surface area contributed by atoms with E-state index in [0.717, 1.165) is 128 Å². The van der Waals surface area contributed by atoms with E-state index in [2.05, 4.69) is 142 Å². The molecular weight excluding hydrogens is 841 g/mol. The maximum Gasteiger partial charge on any atom is 0.306 e. The fourth-order valence-electron chi connectivity index (χ4n) is 7.11. The number of allylic oxidation sites excluding steroid dienone is 20. The molecule has 0 aliphatic heterocycles. The number of carbonyl (C=O) groups excluding carboxylic acids is 3. The van der Waals surface area contributed by atoms with Crippen LogP contribution in [0.3, 0.4) is 0 Å². The van der Waals surface area contributed by atoms with Gasteiger partial charge in [-0.25, -0.2) is 0 Å². The lowest BCUT2D eigenvalue weighted by Gasteiger charge is -2.18. The van der Waals surface area contributed by atoms with Crippen LogP contribution in [0.15, 0.2) is 122 Å². The molecule has 0 saturated heterocycles. The smallest absolute Gasteiger partial charge is 0.306 e. The van der Waals surface area contributed by atoms with E-state index in [-0.39, 0.29) is 37.5 Å². The molecule has 0 spiro atoms. The number of rotatable bonds is 48. The Morgan fingerprint density at radius 3 is 0.971 bits per heavy atom. The molecule has 0 aliphatic carbocycles. The first kappa shape index (κ1) is 63.8. The molecule has 0 N–H and O–H groups in total. The van der Waals surface area contributed by atoms with Gasteiger partial charge in [0, 0.05) is 19.3 Å². The van der Waals surface area contributed by atoms with Gasteiger partial charge in [0.1, 0.15) is 13.2 Å². The Morgan fingerprint density at radius 2 is 0.588 bits per heavy atom. The Labute approximate surface area is 418 Å². The zero-order valence-electron chi connectivity index (χ0n) is 43.8. The molecule has 0 aromatic heterocycles. The van der Waals surface area contributed by atoms with Crippen LogP contribution in [0.25, 0.3) is 0 Å². The summed E-state index contributed by atoms with van der Waals surface area (Å²) < 4.78 is 16.8. The van der Waals surface area contributed by atoms with E-state index in [1.807, 2.05) is 0 Å². The topological polar surface area (TPSA) is 78.9 Å². The number of hydrogen-bond donors (Lipinski definition) is 0. The van der Waals surface area contributed by atoms with Crippen molar-refractivity contribution >= 4 is 17.9 Å². The SMILES string of the molecule is CC/C=C\C/C=C\C/C=C\C/C=C\C/C=C\CCCC(=O)OC(COC(=O)CCCCC/C=C\CCCCCCCCC)COC(=O)CCCCCCCC/C=C\C/C=C\C/C=C\C/C=C\CC. The average molecular weight is 941 g/mol. The average Bonchev–Trinajstić information content (AvgIpc) is 3.34. The first-order chi connectivity index (χ1) is 33.5. The minimum Gasteiger partial charge on any atom is -0.462 e. The predicted molar refractivity (Wildman–Crippen MR) is 293 cm³/mol. The van der Waals surface area contributed by atoms with Crippen LogP contribution in [0.1, 0.15) is 233 Å². The third-order valence-electron chi connectivity index (χ3n) is 11.2. The molecule has 0 saturated carbocycles. The fourth-order valence-corrected chi connectivity index (χ4v) is 7.11. The van der Waals surface area contributed by atoms with E-state index in [1.54, 1.807) is 0 Å². The molecule has 68 heavy (non-hydrogen) atoms. The van der Waals surface area contributed by atoms with E-state index < -0.39 is 6.10 Å². The van der Waals surface area contributed by atoms with Crippen LogP contribution in [0.5, 0.6) is 0 Å². The summed E-state index contributed by atoms with van der Waals surface area (Å²) in [5.74, 6) is -1.01. The highest BCUT2D eigenvalue weighted by molar-refractivity contribution is 5.71. The van der Waals surface area contributed by atoms with Crippen molar-refractivity contribution in [3.63, 3.8) is 0 Å². The third-order valence-corrected chi connectivity index (χ3v) is 11.2. The number of esters is 3.